The molecule has 1 N–H and O–H groups in total. The van der Waals surface area contributed by atoms with Gasteiger partial charge in [-0.05, 0) is 68.7 Å². The molecule has 1 aromatic carbocycles. The predicted molar refractivity (Wildman–Crippen MR) is 115 cm³/mol. The molecule has 5 heteroatoms. The molecule has 0 saturated carbocycles. The van der Waals surface area contributed by atoms with Crippen LogP contribution in [-0.2, 0) is 17.7 Å². The second-order valence-electron chi connectivity index (χ2n) is 8.40. The number of fused-ring (bicyclic) bond motifs is 2. The van der Waals surface area contributed by atoms with Crippen molar-refractivity contribution in [2.45, 2.75) is 63.6 Å². The molecular formula is C24H30N4O. The number of nitrogens with zero attached hydrogens (tertiary/aromatic N) is 3. The van der Waals surface area contributed by atoms with Gasteiger partial charge in [-0.15, -0.1) is 0 Å². The highest BCUT2D eigenvalue weighted by molar-refractivity contribution is 5.74. The lowest BCUT2D eigenvalue weighted by atomic mass is 9.90. The summed E-state index contributed by atoms with van der Waals surface area (Å²) >= 11 is 0. The molecule has 0 amide bonds. The second kappa shape index (κ2) is 8.64. The standard InChI is InChI=1S/C24H30N4O/c1-2-11-21-20(10-1)26-23(27-21)17-28(15-13-19-9-3-4-16-29-19)22-12-5-7-18-8-6-14-25-24(18)22/h1-2,6,8,10-11,14,19,22H,3-5,7,9,12-13,15-17H2,(H,26,27)/t19?,22-/m0/s1. The van der Waals surface area contributed by atoms with Gasteiger partial charge in [0.05, 0.1) is 35.4 Å². The van der Waals surface area contributed by atoms with Crippen molar-refractivity contribution in [1.29, 1.82) is 0 Å². The van der Waals surface area contributed by atoms with Crippen LogP contribution in [0.2, 0.25) is 0 Å². The van der Waals surface area contributed by atoms with Crippen LogP contribution in [0.3, 0.4) is 0 Å². The Morgan fingerprint density at radius 2 is 2.03 bits per heavy atom. The lowest BCUT2D eigenvalue weighted by Crippen LogP contribution is -2.35. The van der Waals surface area contributed by atoms with Gasteiger partial charge in [0.15, 0.2) is 0 Å². The SMILES string of the molecule is c1cnc2c(c1)CCC[C@@H]2N(CCC1CCCCO1)Cc1nc2ccccc2[nH]1. The zero-order valence-electron chi connectivity index (χ0n) is 17.0. The van der Waals surface area contributed by atoms with Crippen LogP contribution in [-0.4, -0.2) is 39.1 Å². The maximum absolute atomic E-state index is 6.02. The Morgan fingerprint density at radius 1 is 1.07 bits per heavy atom. The third kappa shape index (κ3) is 4.21. The van der Waals surface area contributed by atoms with E-state index >= 15 is 0 Å². The van der Waals surface area contributed by atoms with Gasteiger partial charge in [-0.3, -0.25) is 9.88 Å². The van der Waals surface area contributed by atoms with E-state index < -0.39 is 0 Å². The molecule has 2 atom stereocenters. The molecule has 2 aliphatic rings. The lowest BCUT2D eigenvalue weighted by Gasteiger charge is -2.35. The fraction of sp³-hybridized carbons (Fsp3) is 0.500. The number of benzene rings is 1. The fourth-order valence-corrected chi connectivity index (χ4v) is 4.90. The van der Waals surface area contributed by atoms with Crippen molar-refractivity contribution in [2.24, 2.45) is 0 Å². The summed E-state index contributed by atoms with van der Waals surface area (Å²) in [6.45, 7) is 2.76. The van der Waals surface area contributed by atoms with E-state index in [0.29, 0.717) is 12.1 Å². The molecule has 1 unspecified atom stereocenters. The molecule has 152 valence electrons. The number of aromatic nitrogens is 3. The molecule has 29 heavy (non-hydrogen) atoms. The second-order valence-corrected chi connectivity index (χ2v) is 8.40. The van der Waals surface area contributed by atoms with E-state index in [9.17, 15) is 0 Å². The minimum Gasteiger partial charge on any atom is -0.378 e. The number of nitrogens with one attached hydrogen (secondary N) is 1. The summed E-state index contributed by atoms with van der Waals surface area (Å²) in [7, 11) is 0. The van der Waals surface area contributed by atoms with Crippen LogP contribution in [0.5, 0.6) is 0 Å². The monoisotopic (exact) mass is 390 g/mol. The summed E-state index contributed by atoms with van der Waals surface area (Å²) in [6.07, 6.45) is 10.6. The maximum Gasteiger partial charge on any atom is 0.121 e. The lowest BCUT2D eigenvalue weighted by molar-refractivity contribution is 0.000993. The zero-order valence-corrected chi connectivity index (χ0v) is 17.0. The van der Waals surface area contributed by atoms with Crippen molar-refractivity contribution in [3.63, 3.8) is 0 Å². The fourth-order valence-electron chi connectivity index (χ4n) is 4.90. The number of H-pyrrole nitrogens is 1. The molecular weight excluding hydrogens is 360 g/mol. The number of ether oxygens (including phenoxy) is 1. The normalized spacial score (nSPS) is 22.1. The summed E-state index contributed by atoms with van der Waals surface area (Å²) in [5, 5.41) is 0. The average molecular weight is 391 g/mol. The molecule has 1 aliphatic carbocycles. The van der Waals surface area contributed by atoms with Crippen LogP contribution < -0.4 is 0 Å². The largest absolute Gasteiger partial charge is 0.378 e. The van der Waals surface area contributed by atoms with Gasteiger partial charge in [0, 0.05) is 19.3 Å². The van der Waals surface area contributed by atoms with Crippen LogP contribution in [0, 0.1) is 0 Å². The molecule has 0 bridgehead atoms. The van der Waals surface area contributed by atoms with Crippen molar-refractivity contribution < 1.29 is 4.74 Å². The van der Waals surface area contributed by atoms with Gasteiger partial charge >= 0.3 is 0 Å². The number of hydrogen-bond donors (Lipinski definition) is 1. The summed E-state index contributed by atoms with van der Waals surface area (Å²) in [5.41, 5.74) is 4.83. The topological polar surface area (TPSA) is 54.0 Å². The van der Waals surface area contributed by atoms with Gasteiger partial charge in [0.2, 0.25) is 0 Å². The first-order valence-electron chi connectivity index (χ1n) is 11.1. The number of imidazole rings is 1. The van der Waals surface area contributed by atoms with Crippen molar-refractivity contribution in [2.75, 3.05) is 13.2 Å². The van der Waals surface area contributed by atoms with Crippen LogP contribution in [0.25, 0.3) is 11.0 Å². The summed E-state index contributed by atoms with van der Waals surface area (Å²) < 4.78 is 6.02. The Balaban J connectivity index is 1.39. The first-order valence-corrected chi connectivity index (χ1v) is 11.1. The molecule has 1 saturated heterocycles. The van der Waals surface area contributed by atoms with E-state index in [1.54, 1.807) is 0 Å². The maximum atomic E-state index is 6.02. The van der Waals surface area contributed by atoms with Gasteiger partial charge in [0.1, 0.15) is 5.82 Å². The number of pyridine rings is 1. The first-order chi connectivity index (χ1) is 14.4. The van der Waals surface area contributed by atoms with Gasteiger partial charge in [0.25, 0.3) is 0 Å². The van der Waals surface area contributed by atoms with Gasteiger partial charge in [-0.25, -0.2) is 4.98 Å². The molecule has 1 aliphatic heterocycles. The van der Waals surface area contributed by atoms with Crippen LogP contribution in [0.1, 0.15) is 61.6 Å². The molecule has 3 heterocycles. The van der Waals surface area contributed by atoms with E-state index in [4.69, 9.17) is 14.7 Å². The first kappa shape index (κ1) is 18.8. The van der Waals surface area contributed by atoms with Gasteiger partial charge < -0.3 is 9.72 Å². The van der Waals surface area contributed by atoms with E-state index in [0.717, 1.165) is 55.8 Å². The van der Waals surface area contributed by atoms with E-state index in [1.807, 2.05) is 12.3 Å². The van der Waals surface area contributed by atoms with Crippen molar-refractivity contribution >= 4 is 11.0 Å². The Kier molecular flexibility index (Phi) is 5.59. The van der Waals surface area contributed by atoms with Gasteiger partial charge in [-0.1, -0.05) is 18.2 Å². The summed E-state index contributed by atoms with van der Waals surface area (Å²) in [4.78, 5) is 15.8. The third-order valence-electron chi connectivity index (χ3n) is 6.41. The van der Waals surface area contributed by atoms with E-state index in [-0.39, 0.29) is 0 Å². The Morgan fingerprint density at radius 3 is 2.93 bits per heavy atom. The molecule has 5 nitrogen and oxygen atoms in total. The molecule has 0 radical (unpaired) electrons. The zero-order chi connectivity index (χ0) is 19.5. The number of para-hydroxylation sites is 2. The highest BCUT2D eigenvalue weighted by atomic mass is 16.5. The Labute approximate surface area is 172 Å². The van der Waals surface area contributed by atoms with Crippen molar-refractivity contribution in [3.05, 3.63) is 59.7 Å². The Hall–Kier alpha value is -2.24. The number of hydrogen-bond acceptors (Lipinski definition) is 4. The van der Waals surface area contributed by atoms with Crippen molar-refractivity contribution in [3.8, 4) is 0 Å². The van der Waals surface area contributed by atoms with Gasteiger partial charge in [-0.2, -0.15) is 0 Å². The van der Waals surface area contributed by atoms with E-state index in [2.05, 4.69) is 40.2 Å². The molecule has 3 aromatic rings. The van der Waals surface area contributed by atoms with E-state index in [1.165, 1.54) is 36.9 Å². The minimum atomic E-state index is 0.358. The smallest absolute Gasteiger partial charge is 0.121 e. The molecule has 2 aromatic heterocycles. The Bertz CT molecular complexity index is 914. The molecule has 1 fully saturated rings. The highest BCUT2D eigenvalue weighted by Crippen LogP contribution is 2.34. The third-order valence-corrected chi connectivity index (χ3v) is 6.41. The summed E-state index contributed by atoms with van der Waals surface area (Å²) in [6, 6.07) is 13.0. The minimum absolute atomic E-state index is 0.358. The number of rotatable bonds is 6. The van der Waals surface area contributed by atoms with Crippen molar-refractivity contribution in [1.82, 2.24) is 19.9 Å². The quantitative estimate of drug-likeness (QED) is 0.657. The number of aryl methyl sites for hydroxylation is 1. The predicted octanol–water partition coefficient (Wildman–Crippen LogP) is 4.80. The number of aromatic amines is 1. The molecule has 0 spiro atoms. The van der Waals surface area contributed by atoms with Crippen LogP contribution in [0.15, 0.2) is 42.6 Å². The average Bonchev–Trinajstić information content (AvgIpc) is 3.19. The van der Waals surface area contributed by atoms with Crippen LogP contribution in [0.4, 0.5) is 0 Å². The highest BCUT2D eigenvalue weighted by Gasteiger charge is 2.28. The summed E-state index contributed by atoms with van der Waals surface area (Å²) in [5.74, 6) is 1.04. The molecule has 5 rings (SSSR count). The van der Waals surface area contributed by atoms with Crippen LogP contribution >= 0.6 is 0 Å².